The van der Waals surface area contributed by atoms with Gasteiger partial charge in [0.1, 0.15) is 0 Å². The second kappa shape index (κ2) is 7.23. The number of hydrogen-bond acceptors (Lipinski definition) is 3. The molecule has 1 amide bonds. The zero-order chi connectivity index (χ0) is 17.2. The molecule has 0 atom stereocenters. The number of nitrogens with zero attached hydrogens (tertiary/aromatic N) is 2. The van der Waals surface area contributed by atoms with Gasteiger partial charge in [-0.3, -0.25) is 4.79 Å². The number of carbonyl (C=O) groups is 1. The predicted molar refractivity (Wildman–Crippen MR) is 93.4 cm³/mol. The Morgan fingerprint density at radius 2 is 1.54 bits per heavy atom. The summed E-state index contributed by atoms with van der Waals surface area (Å²) in [7, 11) is -3.43. The maximum atomic E-state index is 12.6. The third-order valence-electron chi connectivity index (χ3n) is 5.12. The molecular weight excluding hydrogens is 324 g/mol. The molecule has 5 nitrogen and oxygen atoms in total. The van der Waals surface area contributed by atoms with Crippen LogP contribution < -0.4 is 0 Å². The number of rotatable bonds is 3. The minimum absolute atomic E-state index is 0.00354. The number of hydrogen-bond donors (Lipinski definition) is 0. The Morgan fingerprint density at radius 3 is 2.12 bits per heavy atom. The van der Waals surface area contributed by atoms with Crippen LogP contribution in [0.5, 0.6) is 0 Å². The highest BCUT2D eigenvalue weighted by atomic mass is 32.2. The topological polar surface area (TPSA) is 57.7 Å². The van der Waals surface area contributed by atoms with Gasteiger partial charge in [0.05, 0.1) is 4.90 Å². The van der Waals surface area contributed by atoms with Crippen molar-refractivity contribution in [2.75, 3.05) is 26.2 Å². The Bertz CT molecular complexity index is 671. The number of piperidine rings is 2. The number of sulfonamides is 1. The van der Waals surface area contributed by atoms with Gasteiger partial charge in [0.15, 0.2) is 0 Å². The number of benzene rings is 1. The van der Waals surface area contributed by atoms with Crippen LogP contribution in [0.1, 0.15) is 49.4 Å². The summed E-state index contributed by atoms with van der Waals surface area (Å²) in [6, 6.07) is 6.45. The van der Waals surface area contributed by atoms with E-state index >= 15 is 0 Å². The van der Waals surface area contributed by atoms with Crippen LogP contribution in [0, 0.1) is 5.92 Å². The van der Waals surface area contributed by atoms with Crippen molar-refractivity contribution >= 4 is 15.9 Å². The molecule has 0 bridgehead atoms. The van der Waals surface area contributed by atoms with Gasteiger partial charge in [-0.15, -0.1) is 0 Å². The second-order valence-electron chi connectivity index (χ2n) is 6.96. The summed E-state index contributed by atoms with van der Waals surface area (Å²) in [5.74, 6) is 0.676. The Morgan fingerprint density at radius 1 is 0.958 bits per heavy atom. The van der Waals surface area contributed by atoms with E-state index in [1.54, 1.807) is 28.6 Å². The summed E-state index contributed by atoms with van der Waals surface area (Å²) in [6.07, 6.45) is 5.00. The van der Waals surface area contributed by atoms with E-state index in [1.165, 1.54) is 0 Å². The summed E-state index contributed by atoms with van der Waals surface area (Å²) in [5, 5.41) is 0. The van der Waals surface area contributed by atoms with Gasteiger partial charge >= 0.3 is 0 Å². The number of likely N-dealkylation sites (tertiary alicyclic amines) is 1. The van der Waals surface area contributed by atoms with Crippen molar-refractivity contribution in [3.8, 4) is 0 Å². The monoisotopic (exact) mass is 350 g/mol. The molecule has 2 aliphatic rings. The van der Waals surface area contributed by atoms with Crippen molar-refractivity contribution in [1.29, 1.82) is 0 Å². The molecule has 2 heterocycles. The van der Waals surface area contributed by atoms with Crippen LogP contribution in [0.4, 0.5) is 0 Å². The average molecular weight is 350 g/mol. The zero-order valence-electron chi connectivity index (χ0n) is 14.3. The summed E-state index contributed by atoms with van der Waals surface area (Å²) in [6.45, 7) is 4.97. The Labute approximate surface area is 144 Å². The van der Waals surface area contributed by atoms with Crippen LogP contribution in [-0.4, -0.2) is 49.7 Å². The predicted octanol–water partition coefficient (Wildman–Crippen LogP) is 2.73. The lowest BCUT2D eigenvalue weighted by Gasteiger charge is -2.30. The molecule has 0 aromatic heterocycles. The van der Waals surface area contributed by atoms with Crippen molar-refractivity contribution in [1.82, 2.24) is 9.21 Å². The zero-order valence-corrected chi connectivity index (χ0v) is 15.1. The van der Waals surface area contributed by atoms with E-state index in [2.05, 4.69) is 6.92 Å². The van der Waals surface area contributed by atoms with Crippen LogP contribution in [0.2, 0.25) is 0 Å². The largest absolute Gasteiger partial charge is 0.339 e. The van der Waals surface area contributed by atoms with E-state index in [0.29, 0.717) is 24.6 Å². The fourth-order valence-electron chi connectivity index (χ4n) is 3.42. The molecule has 132 valence electrons. The SMILES string of the molecule is CC1CCN(C(=O)c2ccc(S(=O)(=O)N3CCCCC3)cc2)CC1. The first kappa shape index (κ1) is 17.4. The minimum Gasteiger partial charge on any atom is -0.339 e. The van der Waals surface area contributed by atoms with Crippen molar-refractivity contribution in [3.63, 3.8) is 0 Å². The van der Waals surface area contributed by atoms with Crippen molar-refractivity contribution in [3.05, 3.63) is 29.8 Å². The molecule has 0 saturated carbocycles. The molecule has 1 aromatic carbocycles. The molecule has 2 aliphatic heterocycles. The fourth-order valence-corrected chi connectivity index (χ4v) is 4.94. The lowest BCUT2D eigenvalue weighted by atomic mass is 9.98. The first-order valence-electron chi connectivity index (χ1n) is 8.88. The van der Waals surface area contributed by atoms with Gasteiger partial charge in [-0.2, -0.15) is 4.31 Å². The maximum absolute atomic E-state index is 12.6. The molecule has 2 saturated heterocycles. The van der Waals surface area contributed by atoms with Gasteiger partial charge in [-0.1, -0.05) is 13.3 Å². The van der Waals surface area contributed by atoms with Crippen molar-refractivity contribution in [2.24, 2.45) is 5.92 Å². The van der Waals surface area contributed by atoms with E-state index in [-0.39, 0.29) is 10.8 Å². The molecular formula is C18H26N2O3S. The van der Waals surface area contributed by atoms with Crippen LogP contribution in [0.3, 0.4) is 0 Å². The Hall–Kier alpha value is -1.40. The van der Waals surface area contributed by atoms with Crippen LogP contribution in [0.15, 0.2) is 29.2 Å². The van der Waals surface area contributed by atoms with E-state index in [4.69, 9.17) is 0 Å². The lowest BCUT2D eigenvalue weighted by Crippen LogP contribution is -2.38. The summed E-state index contributed by atoms with van der Waals surface area (Å²) < 4.78 is 26.8. The molecule has 0 spiro atoms. The van der Waals surface area contributed by atoms with Gasteiger partial charge in [-0.25, -0.2) is 8.42 Å². The average Bonchev–Trinajstić information content (AvgIpc) is 2.62. The molecule has 0 N–H and O–H groups in total. The maximum Gasteiger partial charge on any atom is 0.253 e. The van der Waals surface area contributed by atoms with E-state index < -0.39 is 10.0 Å². The minimum atomic E-state index is -3.43. The van der Waals surface area contributed by atoms with Crippen molar-refractivity contribution < 1.29 is 13.2 Å². The molecule has 2 fully saturated rings. The van der Waals surface area contributed by atoms with Gasteiger partial charge in [0, 0.05) is 31.7 Å². The third kappa shape index (κ3) is 3.64. The standard InChI is InChI=1S/C18H26N2O3S/c1-15-9-13-19(14-10-15)18(21)16-5-7-17(8-6-16)24(22,23)20-11-3-2-4-12-20/h5-8,15H,2-4,9-14H2,1H3. The lowest BCUT2D eigenvalue weighted by molar-refractivity contribution is 0.0697. The molecule has 0 radical (unpaired) electrons. The molecule has 0 unspecified atom stereocenters. The molecule has 1 aromatic rings. The van der Waals surface area contributed by atoms with Gasteiger partial charge in [0.2, 0.25) is 10.0 Å². The van der Waals surface area contributed by atoms with Crippen LogP contribution in [-0.2, 0) is 10.0 Å². The highest BCUT2D eigenvalue weighted by Crippen LogP contribution is 2.22. The second-order valence-corrected chi connectivity index (χ2v) is 8.90. The summed E-state index contributed by atoms with van der Waals surface area (Å²) in [5.41, 5.74) is 0.571. The third-order valence-corrected chi connectivity index (χ3v) is 7.04. The summed E-state index contributed by atoms with van der Waals surface area (Å²) >= 11 is 0. The van der Waals surface area contributed by atoms with Crippen LogP contribution >= 0.6 is 0 Å². The fraction of sp³-hybridized carbons (Fsp3) is 0.611. The normalized spacial score (nSPS) is 21.0. The summed E-state index contributed by atoms with van der Waals surface area (Å²) in [4.78, 5) is 14.7. The molecule has 24 heavy (non-hydrogen) atoms. The quantitative estimate of drug-likeness (QED) is 0.842. The Balaban J connectivity index is 1.72. The molecule has 6 heteroatoms. The Kier molecular flexibility index (Phi) is 5.25. The van der Waals surface area contributed by atoms with E-state index in [0.717, 1.165) is 45.2 Å². The highest BCUT2D eigenvalue weighted by molar-refractivity contribution is 7.89. The van der Waals surface area contributed by atoms with E-state index in [9.17, 15) is 13.2 Å². The number of amides is 1. The molecule has 0 aliphatic carbocycles. The first-order chi connectivity index (χ1) is 11.5. The highest BCUT2D eigenvalue weighted by Gasteiger charge is 2.26. The smallest absolute Gasteiger partial charge is 0.253 e. The van der Waals surface area contributed by atoms with Crippen molar-refractivity contribution in [2.45, 2.75) is 43.9 Å². The first-order valence-corrected chi connectivity index (χ1v) is 10.3. The number of carbonyl (C=O) groups excluding carboxylic acids is 1. The van der Waals surface area contributed by atoms with E-state index in [1.807, 2.05) is 4.90 Å². The molecule has 3 rings (SSSR count). The van der Waals surface area contributed by atoms with Gasteiger partial charge in [-0.05, 0) is 55.9 Å². The van der Waals surface area contributed by atoms with Crippen LogP contribution in [0.25, 0.3) is 0 Å². The van der Waals surface area contributed by atoms with Gasteiger partial charge in [0.25, 0.3) is 5.91 Å². The van der Waals surface area contributed by atoms with Gasteiger partial charge < -0.3 is 4.90 Å².